The van der Waals surface area contributed by atoms with Gasteiger partial charge in [-0.05, 0) is 43.3 Å². The largest absolute Gasteiger partial charge is 0.497 e. The summed E-state index contributed by atoms with van der Waals surface area (Å²) in [6, 6.07) is 16.6. The standard InChI is InChI=1S/C25H25N5O4S/c1-4-34-20-9-7-19(8-10-20)30-24(17-6-5-11-26-15-17)28-29-25(30)35-16-23(31)27-18-12-21(32-2)14-22(13-18)33-3/h5-15H,4,16H2,1-3H3,(H,27,31). The molecule has 0 fully saturated rings. The molecule has 1 N–H and O–H groups in total. The average molecular weight is 492 g/mol. The summed E-state index contributed by atoms with van der Waals surface area (Å²) < 4.78 is 18.0. The van der Waals surface area contributed by atoms with Gasteiger partial charge in [0.15, 0.2) is 11.0 Å². The number of nitrogens with zero attached hydrogens (tertiary/aromatic N) is 4. The van der Waals surface area contributed by atoms with Gasteiger partial charge in [0.2, 0.25) is 5.91 Å². The molecule has 0 aliphatic heterocycles. The number of nitrogens with one attached hydrogen (secondary N) is 1. The maximum absolute atomic E-state index is 12.7. The van der Waals surface area contributed by atoms with E-state index in [4.69, 9.17) is 14.2 Å². The molecule has 2 heterocycles. The summed E-state index contributed by atoms with van der Waals surface area (Å²) >= 11 is 1.28. The van der Waals surface area contributed by atoms with Crippen molar-refractivity contribution in [1.82, 2.24) is 19.7 Å². The predicted octanol–water partition coefficient (Wildman–Crippen LogP) is 4.48. The summed E-state index contributed by atoms with van der Waals surface area (Å²) in [6.45, 7) is 2.53. The molecule has 180 valence electrons. The van der Waals surface area contributed by atoms with Gasteiger partial charge in [-0.3, -0.25) is 14.3 Å². The third-order valence-electron chi connectivity index (χ3n) is 4.93. The van der Waals surface area contributed by atoms with Crippen LogP contribution in [0.2, 0.25) is 0 Å². The van der Waals surface area contributed by atoms with Crippen molar-refractivity contribution in [2.75, 3.05) is 31.9 Å². The Balaban J connectivity index is 1.57. The highest BCUT2D eigenvalue weighted by atomic mass is 32.2. The molecule has 0 radical (unpaired) electrons. The quantitative estimate of drug-likeness (QED) is 0.324. The number of anilines is 1. The van der Waals surface area contributed by atoms with E-state index in [-0.39, 0.29) is 11.7 Å². The van der Waals surface area contributed by atoms with Crippen molar-refractivity contribution >= 4 is 23.4 Å². The van der Waals surface area contributed by atoms with Crippen LogP contribution >= 0.6 is 11.8 Å². The van der Waals surface area contributed by atoms with Crippen LogP contribution in [0.15, 0.2) is 72.1 Å². The van der Waals surface area contributed by atoms with Crippen LogP contribution in [-0.2, 0) is 4.79 Å². The SMILES string of the molecule is CCOc1ccc(-n2c(SCC(=O)Nc3cc(OC)cc(OC)c3)nnc2-c2cccnc2)cc1. The highest BCUT2D eigenvalue weighted by Gasteiger charge is 2.18. The Labute approximate surface area is 207 Å². The topological polar surface area (TPSA) is 100 Å². The number of methoxy groups -OCH3 is 2. The Morgan fingerprint density at radius 2 is 1.74 bits per heavy atom. The maximum Gasteiger partial charge on any atom is 0.234 e. The zero-order chi connectivity index (χ0) is 24.6. The van der Waals surface area contributed by atoms with Crippen molar-refractivity contribution in [3.63, 3.8) is 0 Å². The summed E-state index contributed by atoms with van der Waals surface area (Å²) in [4.78, 5) is 16.9. The van der Waals surface area contributed by atoms with Gasteiger partial charge in [0.1, 0.15) is 17.2 Å². The Hall–Kier alpha value is -4.05. The van der Waals surface area contributed by atoms with Gasteiger partial charge in [-0.15, -0.1) is 10.2 Å². The molecule has 4 rings (SSSR count). The van der Waals surface area contributed by atoms with E-state index < -0.39 is 0 Å². The lowest BCUT2D eigenvalue weighted by atomic mass is 10.2. The summed E-state index contributed by atoms with van der Waals surface area (Å²) in [5.41, 5.74) is 2.24. The molecule has 0 saturated carbocycles. The number of hydrogen-bond acceptors (Lipinski definition) is 8. The molecule has 0 unspecified atom stereocenters. The second kappa shape index (κ2) is 11.4. The lowest BCUT2D eigenvalue weighted by molar-refractivity contribution is -0.113. The van der Waals surface area contributed by atoms with Crippen LogP contribution in [0.1, 0.15) is 6.92 Å². The Morgan fingerprint density at radius 1 is 1.00 bits per heavy atom. The number of amides is 1. The summed E-state index contributed by atoms with van der Waals surface area (Å²) in [7, 11) is 3.12. The van der Waals surface area contributed by atoms with E-state index in [1.807, 2.05) is 47.9 Å². The van der Waals surface area contributed by atoms with Gasteiger partial charge in [0, 0.05) is 47.5 Å². The maximum atomic E-state index is 12.7. The molecular formula is C25H25N5O4S. The third-order valence-corrected chi connectivity index (χ3v) is 5.86. The lowest BCUT2D eigenvalue weighted by Gasteiger charge is -2.12. The normalized spacial score (nSPS) is 10.6. The second-order valence-corrected chi connectivity index (χ2v) is 8.19. The van der Waals surface area contributed by atoms with Gasteiger partial charge in [-0.25, -0.2) is 0 Å². The van der Waals surface area contributed by atoms with Crippen molar-refractivity contribution in [2.45, 2.75) is 12.1 Å². The monoisotopic (exact) mass is 491 g/mol. The molecule has 0 aliphatic rings. The van der Waals surface area contributed by atoms with Gasteiger partial charge in [-0.1, -0.05) is 11.8 Å². The number of benzene rings is 2. The van der Waals surface area contributed by atoms with Crippen molar-refractivity contribution in [3.8, 4) is 34.3 Å². The number of thioether (sulfide) groups is 1. The molecule has 0 saturated heterocycles. The number of pyridine rings is 1. The van der Waals surface area contributed by atoms with E-state index in [1.165, 1.54) is 11.8 Å². The van der Waals surface area contributed by atoms with Crippen LogP contribution in [0.25, 0.3) is 17.1 Å². The smallest absolute Gasteiger partial charge is 0.234 e. The summed E-state index contributed by atoms with van der Waals surface area (Å²) in [5.74, 6) is 2.50. The van der Waals surface area contributed by atoms with E-state index in [0.29, 0.717) is 34.8 Å². The number of hydrogen-bond donors (Lipinski definition) is 1. The Bertz CT molecular complexity index is 1260. The lowest BCUT2D eigenvalue weighted by Crippen LogP contribution is -2.14. The Morgan fingerprint density at radius 3 is 2.37 bits per heavy atom. The Kier molecular flexibility index (Phi) is 7.84. The molecule has 1 amide bonds. The molecule has 9 nitrogen and oxygen atoms in total. The number of aromatic nitrogens is 4. The van der Waals surface area contributed by atoms with E-state index in [1.54, 1.807) is 44.8 Å². The van der Waals surface area contributed by atoms with E-state index in [9.17, 15) is 4.79 Å². The summed E-state index contributed by atoms with van der Waals surface area (Å²) in [6.07, 6.45) is 3.43. The van der Waals surface area contributed by atoms with Gasteiger partial charge in [-0.2, -0.15) is 0 Å². The van der Waals surface area contributed by atoms with Crippen molar-refractivity contribution in [3.05, 3.63) is 67.0 Å². The number of carbonyl (C=O) groups is 1. The molecule has 2 aromatic heterocycles. The number of rotatable bonds is 10. The van der Waals surface area contributed by atoms with Crippen molar-refractivity contribution in [2.24, 2.45) is 0 Å². The van der Waals surface area contributed by atoms with Crippen molar-refractivity contribution < 1.29 is 19.0 Å². The van der Waals surface area contributed by atoms with Crippen LogP contribution < -0.4 is 19.5 Å². The minimum Gasteiger partial charge on any atom is -0.497 e. The molecule has 0 bridgehead atoms. The van der Waals surface area contributed by atoms with Gasteiger partial charge < -0.3 is 19.5 Å². The van der Waals surface area contributed by atoms with Gasteiger partial charge in [0.05, 0.1) is 26.6 Å². The molecule has 2 aromatic carbocycles. The van der Waals surface area contributed by atoms with Gasteiger partial charge in [0.25, 0.3) is 0 Å². The van der Waals surface area contributed by atoms with Crippen LogP contribution in [-0.4, -0.2) is 52.2 Å². The minimum atomic E-state index is -0.200. The van der Waals surface area contributed by atoms with E-state index >= 15 is 0 Å². The number of ether oxygens (including phenoxy) is 3. The average Bonchev–Trinajstić information content (AvgIpc) is 3.32. The third kappa shape index (κ3) is 5.90. The first kappa shape index (κ1) is 24.1. The highest BCUT2D eigenvalue weighted by molar-refractivity contribution is 7.99. The van der Waals surface area contributed by atoms with Crippen molar-refractivity contribution in [1.29, 1.82) is 0 Å². The molecule has 0 aliphatic carbocycles. The fourth-order valence-corrected chi connectivity index (χ4v) is 4.09. The zero-order valence-corrected chi connectivity index (χ0v) is 20.4. The van der Waals surface area contributed by atoms with E-state index in [2.05, 4.69) is 20.5 Å². The molecule has 0 atom stereocenters. The van der Waals surface area contributed by atoms with Crippen LogP contribution in [0, 0.1) is 0 Å². The van der Waals surface area contributed by atoms with E-state index in [0.717, 1.165) is 17.0 Å². The zero-order valence-electron chi connectivity index (χ0n) is 19.6. The minimum absolute atomic E-state index is 0.127. The van der Waals surface area contributed by atoms with Crippen LogP contribution in [0.3, 0.4) is 0 Å². The highest BCUT2D eigenvalue weighted by Crippen LogP contribution is 2.29. The van der Waals surface area contributed by atoms with Crippen LogP contribution in [0.5, 0.6) is 17.2 Å². The second-order valence-electron chi connectivity index (χ2n) is 7.25. The molecule has 4 aromatic rings. The molecular weight excluding hydrogens is 466 g/mol. The fraction of sp³-hybridized carbons (Fsp3) is 0.200. The molecule has 10 heteroatoms. The van der Waals surface area contributed by atoms with Crippen LogP contribution in [0.4, 0.5) is 5.69 Å². The summed E-state index contributed by atoms with van der Waals surface area (Å²) in [5, 5.41) is 12.2. The first-order chi connectivity index (χ1) is 17.1. The number of carbonyl (C=O) groups excluding carboxylic acids is 1. The predicted molar refractivity (Wildman–Crippen MR) is 135 cm³/mol. The fourth-order valence-electron chi connectivity index (χ4n) is 3.34. The van der Waals surface area contributed by atoms with Gasteiger partial charge >= 0.3 is 0 Å². The first-order valence-corrected chi connectivity index (χ1v) is 11.8. The molecule has 35 heavy (non-hydrogen) atoms. The molecule has 0 spiro atoms. The first-order valence-electron chi connectivity index (χ1n) is 10.9.